The molecule has 0 unspecified atom stereocenters. The topological polar surface area (TPSA) is 26.0 Å². The highest BCUT2D eigenvalue weighted by Crippen LogP contribution is 2.23. The molecule has 1 heteroatoms. The summed E-state index contributed by atoms with van der Waals surface area (Å²) in [5.41, 5.74) is 10.1. The first-order chi connectivity index (χ1) is 5.65. The third-order valence-electron chi connectivity index (χ3n) is 2.01. The summed E-state index contributed by atoms with van der Waals surface area (Å²) >= 11 is 0. The van der Waals surface area contributed by atoms with Crippen molar-refractivity contribution in [2.75, 3.05) is 5.73 Å². The zero-order valence-corrected chi connectivity index (χ0v) is 7.72. The molecule has 0 saturated heterocycles. The second-order valence-corrected chi connectivity index (χ2v) is 3.05. The van der Waals surface area contributed by atoms with Crippen molar-refractivity contribution < 1.29 is 0 Å². The van der Waals surface area contributed by atoms with E-state index < -0.39 is 0 Å². The molecule has 0 bridgehead atoms. The Morgan fingerprint density at radius 1 is 1.50 bits per heavy atom. The highest BCUT2D eigenvalue weighted by molar-refractivity contribution is 5.73. The number of hydrogen-bond acceptors (Lipinski definition) is 1. The average Bonchev–Trinajstić information content (AvgIpc) is 2.03. The standard InChI is InChI=1S/C11H15N/c1-4-9(3)10-6-5-8(2)7-11(10)12/h5-7H,3-4,12H2,1-2H3. The van der Waals surface area contributed by atoms with Crippen LogP contribution in [0.15, 0.2) is 24.8 Å². The second-order valence-electron chi connectivity index (χ2n) is 3.05. The third kappa shape index (κ3) is 1.67. The van der Waals surface area contributed by atoms with Gasteiger partial charge in [-0.1, -0.05) is 25.6 Å². The fourth-order valence-electron chi connectivity index (χ4n) is 1.19. The maximum Gasteiger partial charge on any atom is 0.0392 e. The number of aryl methyl sites for hydroxylation is 1. The second kappa shape index (κ2) is 3.44. The molecule has 0 saturated carbocycles. The summed E-state index contributed by atoms with van der Waals surface area (Å²) in [6, 6.07) is 6.08. The van der Waals surface area contributed by atoms with E-state index in [4.69, 9.17) is 5.73 Å². The van der Waals surface area contributed by atoms with Crippen LogP contribution in [-0.2, 0) is 0 Å². The first-order valence-corrected chi connectivity index (χ1v) is 4.19. The van der Waals surface area contributed by atoms with Crippen LogP contribution in [0.1, 0.15) is 24.5 Å². The molecule has 0 fully saturated rings. The quantitative estimate of drug-likeness (QED) is 0.663. The van der Waals surface area contributed by atoms with E-state index in [2.05, 4.69) is 19.6 Å². The van der Waals surface area contributed by atoms with Crippen LogP contribution in [0.25, 0.3) is 5.57 Å². The molecule has 1 nitrogen and oxygen atoms in total. The molecule has 64 valence electrons. The lowest BCUT2D eigenvalue weighted by Gasteiger charge is -2.07. The van der Waals surface area contributed by atoms with Gasteiger partial charge in [-0.3, -0.25) is 0 Å². The van der Waals surface area contributed by atoms with Crippen LogP contribution in [0.3, 0.4) is 0 Å². The van der Waals surface area contributed by atoms with Gasteiger partial charge in [0.05, 0.1) is 0 Å². The zero-order chi connectivity index (χ0) is 9.14. The smallest absolute Gasteiger partial charge is 0.0392 e. The summed E-state index contributed by atoms with van der Waals surface area (Å²) in [4.78, 5) is 0. The molecule has 12 heavy (non-hydrogen) atoms. The van der Waals surface area contributed by atoms with Crippen molar-refractivity contribution >= 4 is 11.3 Å². The lowest BCUT2D eigenvalue weighted by Crippen LogP contribution is -1.93. The fraction of sp³-hybridized carbons (Fsp3) is 0.273. The van der Waals surface area contributed by atoms with Crippen molar-refractivity contribution in [2.24, 2.45) is 0 Å². The van der Waals surface area contributed by atoms with Crippen molar-refractivity contribution in [1.82, 2.24) is 0 Å². The SMILES string of the molecule is C=C(CC)c1ccc(C)cc1N. The summed E-state index contributed by atoms with van der Waals surface area (Å²) in [6.07, 6.45) is 0.952. The summed E-state index contributed by atoms with van der Waals surface area (Å²) < 4.78 is 0. The van der Waals surface area contributed by atoms with E-state index in [1.165, 1.54) is 5.56 Å². The van der Waals surface area contributed by atoms with Crippen molar-refractivity contribution in [1.29, 1.82) is 0 Å². The van der Waals surface area contributed by atoms with E-state index in [0.29, 0.717) is 0 Å². The van der Waals surface area contributed by atoms with Crippen LogP contribution in [0.5, 0.6) is 0 Å². The molecule has 0 heterocycles. The van der Waals surface area contributed by atoms with Gasteiger partial charge in [-0.25, -0.2) is 0 Å². The number of allylic oxidation sites excluding steroid dienone is 1. The summed E-state index contributed by atoms with van der Waals surface area (Å²) in [5.74, 6) is 0. The van der Waals surface area contributed by atoms with Crippen LogP contribution in [0, 0.1) is 6.92 Å². The lowest BCUT2D eigenvalue weighted by atomic mass is 10.0. The lowest BCUT2D eigenvalue weighted by molar-refractivity contribution is 1.24. The summed E-state index contributed by atoms with van der Waals surface area (Å²) in [5, 5.41) is 0. The monoisotopic (exact) mass is 161 g/mol. The molecule has 0 amide bonds. The van der Waals surface area contributed by atoms with E-state index in [1.54, 1.807) is 0 Å². The first kappa shape index (κ1) is 8.85. The highest BCUT2D eigenvalue weighted by atomic mass is 14.6. The van der Waals surface area contributed by atoms with Gasteiger partial charge in [0, 0.05) is 5.69 Å². The van der Waals surface area contributed by atoms with Gasteiger partial charge in [0.2, 0.25) is 0 Å². The van der Waals surface area contributed by atoms with Gasteiger partial charge < -0.3 is 5.73 Å². The van der Waals surface area contributed by atoms with E-state index in [0.717, 1.165) is 23.2 Å². The number of rotatable bonds is 2. The van der Waals surface area contributed by atoms with Crippen LogP contribution in [-0.4, -0.2) is 0 Å². The van der Waals surface area contributed by atoms with Gasteiger partial charge in [0.15, 0.2) is 0 Å². The van der Waals surface area contributed by atoms with E-state index >= 15 is 0 Å². The zero-order valence-electron chi connectivity index (χ0n) is 7.72. The van der Waals surface area contributed by atoms with Crippen molar-refractivity contribution in [2.45, 2.75) is 20.3 Å². The van der Waals surface area contributed by atoms with Crippen molar-refractivity contribution in [3.63, 3.8) is 0 Å². The molecule has 0 radical (unpaired) electrons. The van der Waals surface area contributed by atoms with Gasteiger partial charge >= 0.3 is 0 Å². The Kier molecular flexibility index (Phi) is 2.54. The average molecular weight is 161 g/mol. The largest absolute Gasteiger partial charge is 0.398 e. The third-order valence-corrected chi connectivity index (χ3v) is 2.01. The van der Waals surface area contributed by atoms with E-state index in [9.17, 15) is 0 Å². The number of benzene rings is 1. The van der Waals surface area contributed by atoms with Gasteiger partial charge in [-0.05, 0) is 36.1 Å². The fourth-order valence-corrected chi connectivity index (χ4v) is 1.19. The molecule has 0 atom stereocenters. The van der Waals surface area contributed by atoms with Gasteiger partial charge in [0.25, 0.3) is 0 Å². The minimum atomic E-state index is 0.835. The van der Waals surface area contributed by atoms with Gasteiger partial charge in [0.1, 0.15) is 0 Å². The minimum Gasteiger partial charge on any atom is -0.398 e. The predicted octanol–water partition coefficient (Wildman–Crippen LogP) is 3.00. The van der Waals surface area contributed by atoms with Gasteiger partial charge in [-0.15, -0.1) is 0 Å². The van der Waals surface area contributed by atoms with Crippen LogP contribution < -0.4 is 5.73 Å². The van der Waals surface area contributed by atoms with E-state index in [-0.39, 0.29) is 0 Å². The minimum absolute atomic E-state index is 0.835. The number of anilines is 1. The molecule has 0 aromatic heterocycles. The van der Waals surface area contributed by atoms with Crippen LogP contribution in [0.4, 0.5) is 5.69 Å². The normalized spacial score (nSPS) is 9.83. The molecule has 0 aliphatic rings. The van der Waals surface area contributed by atoms with Crippen molar-refractivity contribution in [3.8, 4) is 0 Å². The number of nitrogen functional groups attached to an aromatic ring is 1. The maximum atomic E-state index is 5.84. The Morgan fingerprint density at radius 2 is 2.17 bits per heavy atom. The molecular formula is C11H15N. The molecule has 1 aromatic carbocycles. The number of nitrogens with two attached hydrogens (primary N) is 1. The molecule has 0 aliphatic carbocycles. The van der Waals surface area contributed by atoms with Gasteiger partial charge in [-0.2, -0.15) is 0 Å². The molecular weight excluding hydrogens is 146 g/mol. The molecule has 0 aliphatic heterocycles. The Hall–Kier alpha value is -1.24. The molecule has 1 rings (SSSR count). The maximum absolute atomic E-state index is 5.84. The molecule has 2 N–H and O–H groups in total. The predicted molar refractivity (Wildman–Crippen MR) is 54.9 cm³/mol. The summed E-state index contributed by atoms with van der Waals surface area (Å²) in [6.45, 7) is 8.08. The highest BCUT2D eigenvalue weighted by Gasteiger charge is 2.00. The number of hydrogen-bond donors (Lipinski definition) is 1. The molecule has 0 spiro atoms. The Labute approximate surface area is 73.9 Å². The molecule has 1 aromatic rings. The van der Waals surface area contributed by atoms with Crippen LogP contribution >= 0.6 is 0 Å². The Bertz CT molecular complexity index is 300. The van der Waals surface area contributed by atoms with Crippen LogP contribution in [0.2, 0.25) is 0 Å². The van der Waals surface area contributed by atoms with Crippen molar-refractivity contribution in [3.05, 3.63) is 35.9 Å². The first-order valence-electron chi connectivity index (χ1n) is 4.19. The Balaban J connectivity index is 3.09. The summed E-state index contributed by atoms with van der Waals surface area (Å²) in [7, 11) is 0. The van der Waals surface area contributed by atoms with E-state index in [1.807, 2.05) is 19.1 Å². The Morgan fingerprint density at radius 3 is 2.67 bits per heavy atom.